The molecule has 1 aliphatic carbocycles. The second-order valence-electron chi connectivity index (χ2n) is 5.82. The van der Waals surface area contributed by atoms with Crippen LogP contribution in [0.25, 0.3) is 0 Å². The fourth-order valence-electron chi connectivity index (χ4n) is 2.50. The van der Waals surface area contributed by atoms with E-state index in [9.17, 15) is 4.79 Å². The van der Waals surface area contributed by atoms with Crippen LogP contribution in [0.3, 0.4) is 0 Å². The lowest BCUT2D eigenvalue weighted by atomic mass is 9.90. The highest BCUT2D eigenvalue weighted by Gasteiger charge is 2.20. The summed E-state index contributed by atoms with van der Waals surface area (Å²) >= 11 is 1.69. The minimum Gasteiger partial charge on any atom is -0.351 e. The Bertz CT molecular complexity index is 439. The van der Waals surface area contributed by atoms with Gasteiger partial charge in [-0.15, -0.1) is 11.3 Å². The van der Waals surface area contributed by atoms with Crippen molar-refractivity contribution in [1.82, 2.24) is 10.2 Å². The molecular formula is C15H24N2OS. The molecule has 0 bridgehead atoms. The topological polar surface area (TPSA) is 32.3 Å². The summed E-state index contributed by atoms with van der Waals surface area (Å²) in [4.78, 5) is 16.5. The maximum atomic E-state index is 12.1. The number of carbonyl (C=O) groups is 1. The van der Waals surface area contributed by atoms with E-state index in [4.69, 9.17) is 0 Å². The van der Waals surface area contributed by atoms with Gasteiger partial charge in [-0.2, -0.15) is 0 Å². The van der Waals surface area contributed by atoms with Gasteiger partial charge in [0.1, 0.15) is 0 Å². The molecule has 0 spiro atoms. The van der Waals surface area contributed by atoms with E-state index in [0.29, 0.717) is 0 Å². The summed E-state index contributed by atoms with van der Waals surface area (Å²) in [5, 5.41) is 3.02. The van der Waals surface area contributed by atoms with Crippen molar-refractivity contribution >= 4 is 17.2 Å². The Kier molecular flexibility index (Phi) is 4.99. The average molecular weight is 280 g/mol. The fourth-order valence-corrected chi connectivity index (χ4v) is 3.63. The molecule has 1 amide bonds. The molecule has 1 aromatic heterocycles. The van der Waals surface area contributed by atoms with E-state index < -0.39 is 0 Å². The van der Waals surface area contributed by atoms with E-state index >= 15 is 0 Å². The lowest BCUT2D eigenvalue weighted by Crippen LogP contribution is -2.26. The lowest BCUT2D eigenvalue weighted by molar-refractivity contribution is 0.0956. The van der Waals surface area contributed by atoms with E-state index in [2.05, 4.69) is 37.3 Å². The Labute approximate surface area is 120 Å². The predicted octanol–water partition coefficient (Wildman–Crippen LogP) is 2.55. The van der Waals surface area contributed by atoms with Gasteiger partial charge in [-0.3, -0.25) is 4.79 Å². The number of thiophene rings is 1. The van der Waals surface area contributed by atoms with Crippen LogP contribution in [0, 0.1) is 5.92 Å². The van der Waals surface area contributed by atoms with Crippen LogP contribution in [0.5, 0.6) is 0 Å². The van der Waals surface area contributed by atoms with Gasteiger partial charge >= 0.3 is 0 Å². The summed E-state index contributed by atoms with van der Waals surface area (Å²) in [6.45, 7) is 4.07. The summed E-state index contributed by atoms with van der Waals surface area (Å²) in [5.74, 6) is 0.865. The summed E-state index contributed by atoms with van der Waals surface area (Å²) in [6.07, 6.45) is 4.55. The van der Waals surface area contributed by atoms with Crippen LogP contribution in [-0.2, 0) is 12.8 Å². The molecule has 0 aromatic carbocycles. The van der Waals surface area contributed by atoms with Crippen molar-refractivity contribution in [2.45, 2.75) is 32.6 Å². The van der Waals surface area contributed by atoms with Crippen molar-refractivity contribution in [3.05, 3.63) is 21.4 Å². The van der Waals surface area contributed by atoms with Crippen LogP contribution in [0.1, 0.15) is 39.9 Å². The molecule has 106 valence electrons. The molecule has 19 heavy (non-hydrogen) atoms. The van der Waals surface area contributed by atoms with E-state index in [0.717, 1.165) is 43.1 Å². The SMILES string of the molecule is CC1CCc2sc(C(=O)NCCCN(C)C)cc2C1. The number of rotatable bonds is 5. The average Bonchev–Trinajstić information content (AvgIpc) is 2.77. The number of nitrogens with zero attached hydrogens (tertiary/aromatic N) is 1. The number of fused-ring (bicyclic) bond motifs is 1. The first kappa shape index (κ1) is 14.5. The van der Waals surface area contributed by atoms with E-state index in [1.807, 2.05) is 0 Å². The van der Waals surface area contributed by atoms with E-state index in [1.54, 1.807) is 11.3 Å². The Morgan fingerprint density at radius 2 is 2.32 bits per heavy atom. The summed E-state index contributed by atoms with van der Waals surface area (Å²) in [7, 11) is 4.10. The normalized spacial score (nSPS) is 18.4. The quantitative estimate of drug-likeness (QED) is 0.841. The van der Waals surface area contributed by atoms with Gasteiger partial charge in [0.15, 0.2) is 0 Å². The van der Waals surface area contributed by atoms with Crippen LogP contribution >= 0.6 is 11.3 Å². The van der Waals surface area contributed by atoms with Gasteiger partial charge in [-0.25, -0.2) is 0 Å². The molecular weight excluding hydrogens is 256 g/mol. The Morgan fingerprint density at radius 1 is 1.53 bits per heavy atom. The Morgan fingerprint density at radius 3 is 3.05 bits per heavy atom. The zero-order valence-electron chi connectivity index (χ0n) is 12.2. The molecule has 0 fully saturated rings. The monoisotopic (exact) mass is 280 g/mol. The highest BCUT2D eigenvalue weighted by Crippen LogP contribution is 2.32. The number of carbonyl (C=O) groups excluding carboxylic acids is 1. The minimum absolute atomic E-state index is 0.103. The first-order valence-corrected chi connectivity index (χ1v) is 7.92. The zero-order chi connectivity index (χ0) is 13.8. The highest BCUT2D eigenvalue weighted by atomic mass is 32.1. The summed E-state index contributed by atoms with van der Waals surface area (Å²) in [5.41, 5.74) is 1.40. The molecule has 1 aromatic rings. The predicted molar refractivity (Wildman–Crippen MR) is 81.0 cm³/mol. The lowest BCUT2D eigenvalue weighted by Gasteiger charge is -2.16. The first-order chi connectivity index (χ1) is 9.06. The van der Waals surface area contributed by atoms with Crippen molar-refractivity contribution in [1.29, 1.82) is 0 Å². The van der Waals surface area contributed by atoms with E-state index in [1.165, 1.54) is 16.9 Å². The van der Waals surface area contributed by atoms with Crippen molar-refractivity contribution in [2.75, 3.05) is 27.2 Å². The third kappa shape index (κ3) is 4.05. The molecule has 0 aliphatic heterocycles. The number of amides is 1. The fraction of sp³-hybridized carbons (Fsp3) is 0.667. The largest absolute Gasteiger partial charge is 0.351 e. The minimum atomic E-state index is 0.103. The molecule has 1 heterocycles. The number of hydrogen-bond acceptors (Lipinski definition) is 3. The molecule has 1 atom stereocenters. The van der Waals surface area contributed by atoms with Crippen LogP contribution in [0.2, 0.25) is 0 Å². The van der Waals surface area contributed by atoms with Crippen molar-refractivity contribution in [2.24, 2.45) is 5.92 Å². The van der Waals surface area contributed by atoms with Gasteiger partial charge in [0.2, 0.25) is 0 Å². The van der Waals surface area contributed by atoms with Crippen molar-refractivity contribution < 1.29 is 4.79 Å². The van der Waals surface area contributed by atoms with Gasteiger partial charge in [0.25, 0.3) is 5.91 Å². The Balaban J connectivity index is 1.86. The first-order valence-electron chi connectivity index (χ1n) is 7.10. The molecule has 0 saturated carbocycles. The molecule has 4 heteroatoms. The van der Waals surface area contributed by atoms with Crippen molar-refractivity contribution in [3.8, 4) is 0 Å². The molecule has 0 saturated heterocycles. The standard InChI is InChI=1S/C15H24N2OS/c1-11-5-6-13-12(9-11)10-14(19-13)15(18)16-7-4-8-17(2)3/h10-11H,4-9H2,1-3H3,(H,16,18). The maximum Gasteiger partial charge on any atom is 0.261 e. The molecule has 1 unspecified atom stereocenters. The molecule has 1 aliphatic rings. The number of hydrogen-bond donors (Lipinski definition) is 1. The third-order valence-corrected chi connectivity index (χ3v) is 4.86. The van der Waals surface area contributed by atoms with Crippen LogP contribution in [0.15, 0.2) is 6.07 Å². The van der Waals surface area contributed by atoms with E-state index in [-0.39, 0.29) is 5.91 Å². The van der Waals surface area contributed by atoms with Crippen molar-refractivity contribution in [3.63, 3.8) is 0 Å². The van der Waals surface area contributed by atoms with Gasteiger partial charge in [0, 0.05) is 11.4 Å². The second-order valence-corrected chi connectivity index (χ2v) is 6.96. The number of aryl methyl sites for hydroxylation is 1. The molecule has 3 nitrogen and oxygen atoms in total. The summed E-state index contributed by atoms with van der Waals surface area (Å²) < 4.78 is 0. The third-order valence-electron chi connectivity index (χ3n) is 3.62. The molecule has 0 radical (unpaired) electrons. The number of nitrogens with one attached hydrogen (secondary N) is 1. The van der Waals surface area contributed by atoms with Gasteiger partial charge in [0.05, 0.1) is 4.88 Å². The maximum absolute atomic E-state index is 12.1. The zero-order valence-corrected chi connectivity index (χ0v) is 13.0. The Hall–Kier alpha value is -0.870. The highest BCUT2D eigenvalue weighted by molar-refractivity contribution is 7.14. The molecule has 2 rings (SSSR count). The van der Waals surface area contributed by atoms with Gasteiger partial charge < -0.3 is 10.2 Å². The van der Waals surface area contributed by atoms with Crippen LogP contribution < -0.4 is 5.32 Å². The molecule has 1 N–H and O–H groups in total. The second kappa shape index (κ2) is 6.53. The van der Waals surface area contributed by atoms with Crippen LogP contribution in [0.4, 0.5) is 0 Å². The smallest absolute Gasteiger partial charge is 0.261 e. The summed E-state index contributed by atoms with van der Waals surface area (Å²) in [6, 6.07) is 2.11. The van der Waals surface area contributed by atoms with Crippen LogP contribution in [-0.4, -0.2) is 38.0 Å². The van der Waals surface area contributed by atoms with Gasteiger partial charge in [-0.05, 0) is 63.9 Å². The van der Waals surface area contributed by atoms with Gasteiger partial charge in [-0.1, -0.05) is 6.92 Å².